The number of methoxy groups -OCH3 is 1. The van der Waals surface area contributed by atoms with E-state index in [1.54, 1.807) is 49.7 Å². The van der Waals surface area contributed by atoms with Crippen LogP contribution in [-0.4, -0.2) is 46.9 Å². The van der Waals surface area contributed by atoms with Crippen LogP contribution in [0.4, 0.5) is 10.5 Å². The molecule has 2 N–H and O–H groups in total. The summed E-state index contributed by atoms with van der Waals surface area (Å²) < 4.78 is 10.9. The van der Waals surface area contributed by atoms with Gasteiger partial charge in [0.1, 0.15) is 29.3 Å². The van der Waals surface area contributed by atoms with E-state index in [1.807, 2.05) is 6.92 Å². The van der Waals surface area contributed by atoms with Crippen molar-refractivity contribution in [2.75, 3.05) is 19.0 Å². The highest BCUT2D eigenvalue weighted by molar-refractivity contribution is 6.10. The van der Waals surface area contributed by atoms with Gasteiger partial charge in [-0.15, -0.1) is 0 Å². The highest BCUT2D eigenvalue weighted by Gasteiger charge is 2.55. The van der Waals surface area contributed by atoms with E-state index >= 15 is 0 Å². The van der Waals surface area contributed by atoms with Crippen molar-refractivity contribution in [1.29, 1.82) is 0 Å². The van der Waals surface area contributed by atoms with E-state index in [9.17, 15) is 14.4 Å². The lowest BCUT2D eigenvalue weighted by atomic mass is 9.73. The van der Waals surface area contributed by atoms with Crippen LogP contribution in [0.15, 0.2) is 42.6 Å². The van der Waals surface area contributed by atoms with Crippen molar-refractivity contribution < 1.29 is 23.9 Å². The predicted molar refractivity (Wildman–Crippen MR) is 117 cm³/mol. The van der Waals surface area contributed by atoms with E-state index in [-0.39, 0.29) is 24.2 Å². The molecule has 9 heteroatoms. The minimum absolute atomic E-state index is 0.0311. The fraction of sp³-hybridized carbons (Fsp3) is 0.391. The fourth-order valence-electron chi connectivity index (χ4n) is 4.30. The molecule has 32 heavy (non-hydrogen) atoms. The Morgan fingerprint density at radius 2 is 1.97 bits per heavy atom. The number of rotatable bonds is 6. The second kappa shape index (κ2) is 8.86. The van der Waals surface area contributed by atoms with Gasteiger partial charge in [0.25, 0.3) is 5.91 Å². The van der Waals surface area contributed by atoms with Crippen molar-refractivity contribution in [3.05, 3.63) is 42.6 Å². The van der Waals surface area contributed by atoms with Gasteiger partial charge in [-0.25, -0.2) is 9.78 Å². The quantitative estimate of drug-likeness (QED) is 0.670. The molecule has 0 radical (unpaired) electrons. The molecule has 1 aromatic carbocycles. The molecular weight excluding hydrogens is 412 g/mol. The van der Waals surface area contributed by atoms with Gasteiger partial charge in [-0.2, -0.15) is 0 Å². The first-order valence-electron chi connectivity index (χ1n) is 10.6. The normalized spacial score (nSPS) is 22.6. The Hall–Kier alpha value is -3.62. The molecule has 1 aliphatic carbocycles. The molecule has 2 heterocycles. The number of pyridine rings is 1. The maximum atomic E-state index is 13.1. The summed E-state index contributed by atoms with van der Waals surface area (Å²) in [5.74, 6) is 0.587. The van der Waals surface area contributed by atoms with Crippen LogP contribution in [0.2, 0.25) is 0 Å². The summed E-state index contributed by atoms with van der Waals surface area (Å²) in [7, 11) is 1.57. The number of aromatic nitrogens is 1. The lowest BCUT2D eigenvalue weighted by Gasteiger charge is -2.36. The first kappa shape index (κ1) is 21.6. The molecule has 1 aromatic heterocycles. The zero-order chi connectivity index (χ0) is 22.7. The van der Waals surface area contributed by atoms with Crippen LogP contribution in [0, 0.1) is 5.92 Å². The van der Waals surface area contributed by atoms with Gasteiger partial charge in [-0.05, 0) is 55.2 Å². The van der Waals surface area contributed by atoms with Gasteiger partial charge in [0.05, 0.1) is 7.11 Å². The van der Waals surface area contributed by atoms with Gasteiger partial charge >= 0.3 is 6.03 Å². The number of ether oxygens (including phenoxy) is 2. The lowest BCUT2D eigenvalue weighted by Crippen LogP contribution is -2.54. The molecular formula is C23H26N4O5. The number of imide groups is 1. The maximum Gasteiger partial charge on any atom is 0.325 e. The lowest BCUT2D eigenvalue weighted by molar-refractivity contribution is -0.136. The second-order valence-corrected chi connectivity index (χ2v) is 8.12. The highest BCUT2D eigenvalue weighted by atomic mass is 16.5. The third-order valence-corrected chi connectivity index (χ3v) is 6.12. The minimum Gasteiger partial charge on any atom is -0.497 e. The van der Waals surface area contributed by atoms with Crippen molar-refractivity contribution in [1.82, 2.24) is 15.2 Å². The molecule has 1 saturated heterocycles. The number of nitrogens with one attached hydrogen (secondary N) is 2. The Kier molecular flexibility index (Phi) is 5.98. The summed E-state index contributed by atoms with van der Waals surface area (Å²) in [4.78, 5) is 43.5. The van der Waals surface area contributed by atoms with Crippen LogP contribution >= 0.6 is 0 Å². The maximum absolute atomic E-state index is 13.1. The number of amides is 4. The number of hydrogen-bond donors (Lipinski definition) is 2. The third-order valence-electron chi connectivity index (χ3n) is 6.12. The monoisotopic (exact) mass is 438 g/mol. The molecule has 2 aromatic rings. The van der Waals surface area contributed by atoms with Gasteiger partial charge in [-0.3, -0.25) is 14.5 Å². The first-order chi connectivity index (χ1) is 15.4. The van der Waals surface area contributed by atoms with E-state index in [2.05, 4.69) is 15.6 Å². The number of urea groups is 1. The molecule has 0 bridgehead atoms. The van der Waals surface area contributed by atoms with Gasteiger partial charge in [0.2, 0.25) is 11.8 Å². The van der Waals surface area contributed by atoms with Crippen LogP contribution in [0.5, 0.6) is 17.4 Å². The van der Waals surface area contributed by atoms with Crippen LogP contribution < -0.4 is 20.1 Å². The molecule has 1 aliphatic heterocycles. The SMILES string of the molecule is COc1ccc(Oc2ncccc2NC(=O)CN2C(=O)N[C@@]3(CCCC[C@H]3C)C2=O)cc1. The largest absolute Gasteiger partial charge is 0.497 e. The van der Waals surface area contributed by atoms with Gasteiger partial charge < -0.3 is 20.1 Å². The van der Waals surface area contributed by atoms with Crippen molar-refractivity contribution in [2.24, 2.45) is 5.92 Å². The molecule has 0 unspecified atom stereocenters. The van der Waals surface area contributed by atoms with Crippen molar-refractivity contribution in [3.8, 4) is 17.4 Å². The summed E-state index contributed by atoms with van der Waals surface area (Å²) in [6.07, 6.45) is 4.91. The molecule has 4 amide bonds. The van der Waals surface area contributed by atoms with Crippen LogP contribution in [0.1, 0.15) is 32.6 Å². The minimum atomic E-state index is -0.896. The van der Waals surface area contributed by atoms with Gasteiger partial charge in [-0.1, -0.05) is 19.8 Å². The summed E-state index contributed by atoms with van der Waals surface area (Å²) in [6.45, 7) is 1.59. The average Bonchev–Trinajstić information content (AvgIpc) is 3.02. The molecule has 4 rings (SSSR count). The second-order valence-electron chi connectivity index (χ2n) is 8.12. The molecule has 2 atom stereocenters. The predicted octanol–water partition coefficient (Wildman–Crippen LogP) is 3.32. The summed E-state index contributed by atoms with van der Waals surface area (Å²) in [5.41, 5.74) is -0.562. The first-order valence-corrected chi connectivity index (χ1v) is 10.6. The number of carbonyl (C=O) groups is 3. The Labute approximate surface area is 186 Å². The fourth-order valence-corrected chi connectivity index (χ4v) is 4.30. The van der Waals surface area contributed by atoms with E-state index in [1.165, 1.54) is 0 Å². The Balaban J connectivity index is 1.44. The summed E-state index contributed by atoms with van der Waals surface area (Å²) in [6, 6.07) is 9.70. The van der Waals surface area contributed by atoms with E-state index in [4.69, 9.17) is 9.47 Å². The van der Waals surface area contributed by atoms with Gasteiger partial charge in [0.15, 0.2) is 0 Å². The van der Waals surface area contributed by atoms with Gasteiger partial charge in [0, 0.05) is 6.20 Å². The van der Waals surface area contributed by atoms with Crippen molar-refractivity contribution >= 4 is 23.5 Å². The zero-order valence-corrected chi connectivity index (χ0v) is 18.1. The van der Waals surface area contributed by atoms with Crippen molar-refractivity contribution in [2.45, 2.75) is 38.1 Å². The smallest absolute Gasteiger partial charge is 0.325 e. The molecule has 2 aliphatic rings. The number of carbonyl (C=O) groups excluding carboxylic acids is 3. The molecule has 168 valence electrons. The molecule has 1 spiro atoms. The molecule has 1 saturated carbocycles. The Bertz CT molecular complexity index is 1030. The Morgan fingerprint density at radius 3 is 2.69 bits per heavy atom. The molecule has 2 fully saturated rings. The average molecular weight is 438 g/mol. The van der Waals surface area contributed by atoms with Crippen LogP contribution in [0.3, 0.4) is 0 Å². The number of nitrogens with zero attached hydrogens (tertiary/aromatic N) is 2. The van der Waals surface area contributed by atoms with E-state index in [0.717, 1.165) is 24.2 Å². The van der Waals surface area contributed by atoms with Crippen LogP contribution in [-0.2, 0) is 9.59 Å². The van der Waals surface area contributed by atoms with E-state index < -0.39 is 17.5 Å². The van der Waals surface area contributed by atoms with Crippen LogP contribution in [0.25, 0.3) is 0 Å². The van der Waals surface area contributed by atoms with Crippen molar-refractivity contribution in [3.63, 3.8) is 0 Å². The Morgan fingerprint density at radius 1 is 1.22 bits per heavy atom. The summed E-state index contributed by atoms with van der Waals surface area (Å²) >= 11 is 0. The standard InChI is InChI=1S/C23H26N4O5/c1-15-6-3-4-12-23(15)21(29)27(22(30)26-23)14-19(28)25-18-7-5-13-24-20(18)32-17-10-8-16(31-2)9-11-17/h5,7-11,13,15H,3-4,6,12,14H2,1-2H3,(H,25,28)(H,26,30)/t15-,23-/m1/s1. The summed E-state index contributed by atoms with van der Waals surface area (Å²) in [5, 5.41) is 5.55. The molecule has 9 nitrogen and oxygen atoms in total. The number of anilines is 1. The zero-order valence-electron chi connectivity index (χ0n) is 18.1. The van der Waals surface area contributed by atoms with E-state index in [0.29, 0.717) is 23.6 Å². The number of benzene rings is 1. The third kappa shape index (κ3) is 4.10. The topological polar surface area (TPSA) is 110 Å². The highest BCUT2D eigenvalue weighted by Crippen LogP contribution is 2.38. The number of hydrogen-bond acceptors (Lipinski definition) is 6.